The Labute approximate surface area is 112 Å². The number of thiazole rings is 1. The summed E-state index contributed by atoms with van der Waals surface area (Å²) in [6.07, 6.45) is 1.77. The van der Waals surface area contributed by atoms with Gasteiger partial charge in [-0.05, 0) is 18.2 Å². The number of nitrogen functional groups attached to an aromatic ring is 1. The first-order chi connectivity index (χ1) is 9.11. The van der Waals surface area contributed by atoms with Crippen molar-refractivity contribution in [1.29, 1.82) is 0 Å². The van der Waals surface area contributed by atoms with Gasteiger partial charge in [0.15, 0.2) is 10.9 Å². The van der Waals surface area contributed by atoms with Crippen molar-refractivity contribution in [3.63, 3.8) is 0 Å². The molecule has 1 aromatic carbocycles. The van der Waals surface area contributed by atoms with E-state index in [0.29, 0.717) is 16.5 Å². The highest BCUT2D eigenvalue weighted by Crippen LogP contribution is 2.24. The molecule has 2 heterocycles. The fourth-order valence-electron chi connectivity index (χ4n) is 1.75. The van der Waals surface area contributed by atoms with Crippen LogP contribution in [0.25, 0.3) is 10.2 Å². The molecule has 0 saturated carbocycles. The lowest BCUT2D eigenvalue weighted by Gasteiger charge is -2.01. The van der Waals surface area contributed by atoms with E-state index in [9.17, 15) is 4.79 Å². The molecule has 3 rings (SSSR count). The van der Waals surface area contributed by atoms with E-state index in [2.05, 4.69) is 15.4 Å². The lowest BCUT2D eigenvalue weighted by atomic mass is 10.2. The predicted molar refractivity (Wildman–Crippen MR) is 75.2 cm³/mol. The number of nitrogens with zero attached hydrogens (tertiary/aromatic N) is 3. The van der Waals surface area contributed by atoms with E-state index in [1.807, 2.05) is 0 Å². The molecular formula is C12H11N5OS. The molecule has 0 bridgehead atoms. The van der Waals surface area contributed by atoms with Gasteiger partial charge < -0.3 is 11.1 Å². The summed E-state index contributed by atoms with van der Waals surface area (Å²) in [6, 6.07) is 7.03. The van der Waals surface area contributed by atoms with Gasteiger partial charge in [0.2, 0.25) is 0 Å². The largest absolute Gasteiger partial charge is 0.375 e. The van der Waals surface area contributed by atoms with Gasteiger partial charge in [-0.15, -0.1) is 0 Å². The molecule has 1 amide bonds. The molecule has 0 atom stereocenters. The molecule has 0 unspecified atom stereocenters. The number of hydrogen-bond donors (Lipinski definition) is 2. The maximum atomic E-state index is 12.1. The van der Waals surface area contributed by atoms with Crippen molar-refractivity contribution in [3.05, 3.63) is 36.0 Å². The fourth-order valence-corrected chi connectivity index (χ4v) is 2.53. The molecule has 7 heteroatoms. The number of rotatable bonds is 2. The average molecular weight is 273 g/mol. The molecule has 0 aliphatic rings. The normalized spacial score (nSPS) is 10.8. The zero-order valence-corrected chi connectivity index (χ0v) is 10.9. The standard InChI is InChI=1S/C12H11N5OS/c1-17-5-4-10(16-17)15-11(18)7-2-3-8-9(6-7)19-12(13)14-8/h2-6H,1H3,(H2,13,14)(H,15,16,18). The van der Waals surface area contributed by atoms with Gasteiger partial charge in [0.25, 0.3) is 5.91 Å². The summed E-state index contributed by atoms with van der Waals surface area (Å²) >= 11 is 1.36. The summed E-state index contributed by atoms with van der Waals surface area (Å²) in [5.74, 6) is 0.323. The van der Waals surface area contributed by atoms with Gasteiger partial charge in [-0.1, -0.05) is 11.3 Å². The second kappa shape index (κ2) is 4.36. The Kier molecular flexibility index (Phi) is 2.68. The molecule has 0 aliphatic carbocycles. The van der Waals surface area contributed by atoms with Gasteiger partial charge in [0.1, 0.15) is 0 Å². The van der Waals surface area contributed by atoms with Gasteiger partial charge in [0.05, 0.1) is 10.2 Å². The number of aryl methyl sites for hydroxylation is 1. The van der Waals surface area contributed by atoms with Crippen LogP contribution < -0.4 is 11.1 Å². The number of nitrogens with one attached hydrogen (secondary N) is 1. The number of aromatic nitrogens is 3. The van der Waals surface area contributed by atoms with Crippen LogP contribution in [0.5, 0.6) is 0 Å². The Balaban J connectivity index is 1.88. The van der Waals surface area contributed by atoms with Crippen molar-refractivity contribution in [1.82, 2.24) is 14.8 Å². The maximum absolute atomic E-state index is 12.1. The first-order valence-corrected chi connectivity index (χ1v) is 6.40. The molecular weight excluding hydrogens is 262 g/mol. The minimum atomic E-state index is -0.201. The first kappa shape index (κ1) is 11.7. The monoisotopic (exact) mass is 273 g/mol. The van der Waals surface area contributed by atoms with Crippen molar-refractivity contribution >= 4 is 38.4 Å². The minimum absolute atomic E-state index is 0.201. The summed E-state index contributed by atoms with van der Waals surface area (Å²) in [5.41, 5.74) is 7.00. The highest BCUT2D eigenvalue weighted by molar-refractivity contribution is 7.22. The second-order valence-electron chi connectivity index (χ2n) is 4.06. The lowest BCUT2D eigenvalue weighted by Crippen LogP contribution is -2.12. The highest BCUT2D eigenvalue weighted by Gasteiger charge is 2.10. The Morgan fingerprint density at radius 1 is 1.42 bits per heavy atom. The molecule has 2 aromatic heterocycles. The van der Waals surface area contributed by atoms with Gasteiger partial charge in [-0.25, -0.2) is 4.98 Å². The number of amides is 1. The number of nitrogens with two attached hydrogens (primary N) is 1. The molecule has 6 nitrogen and oxygen atoms in total. The number of carbonyl (C=O) groups excluding carboxylic acids is 1. The Morgan fingerprint density at radius 3 is 3.00 bits per heavy atom. The van der Waals surface area contributed by atoms with Crippen LogP contribution in [0, 0.1) is 0 Å². The molecule has 0 radical (unpaired) electrons. The van der Waals surface area contributed by atoms with E-state index in [1.165, 1.54) is 11.3 Å². The second-order valence-corrected chi connectivity index (χ2v) is 5.13. The Morgan fingerprint density at radius 2 is 2.26 bits per heavy atom. The molecule has 96 valence electrons. The van der Waals surface area contributed by atoms with Gasteiger partial charge in [0, 0.05) is 24.9 Å². The molecule has 19 heavy (non-hydrogen) atoms. The number of hydrogen-bond acceptors (Lipinski definition) is 5. The summed E-state index contributed by atoms with van der Waals surface area (Å²) in [6.45, 7) is 0. The van der Waals surface area contributed by atoms with E-state index in [0.717, 1.165) is 10.2 Å². The van der Waals surface area contributed by atoms with E-state index < -0.39 is 0 Å². The van der Waals surface area contributed by atoms with Gasteiger partial charge in [-0.2, -0.15) is 5.10 Å². The molecule has 3 aromatic rings. The summed E-state index contributed by atoms with van der Waals surface area (Å²) < 4.78 is 2.52. The Hall–Kier alpha value is -2.41. The van der Waals surface area contributed by atoms with Crippen molar-refractivity contribution in [2.45, 2.75) is 0 Å². The van der Waals surface area contributed by atoms with Gasteiger partial charge in [-0.3, -0.25) is 9.48 Å². The van der Waals surface area contributed by atoms with Crippen LogP contribution in [-0.2, 0) is 7.05 Å². The third-order valence-electron chi connectivity index (χ3n) is 2.62. The number of anilines is 2. The van der Waals surface area contributed by atoms with Crippen LogP contribution >= 0.6 is 11.3 Å². The van der Waals surface area contributed by atoms with Crippen LogP contribution in [0.15, 0.2) is 30.5 Å². The zero-order valence-electron chi connectivity index (χ0n) is 10.1. The van der Waals surface area contributed by atoms with Crippen LogP contribution in [0.2, 0.25) is 0 Å². The maximum Gasteiger partial charge on any atom is 0.256 e. The summed E-state index contributed by atoms with van der Waals surface area (Å²) in [5, 5.41) is 7.33. The van der Waals surface area contributed by atoms with E-state index >= 15 is 0 Å². The Bertz CT molecular complexity index is 760. The summed E-state index contributed by atoms with van der Waals surface area (Å²) in [4.78, 5) is 16.2. The third-order valence-corrected chi connectivity index (χ3v) is 3.47. The van der Waals surface area contributed by atoms with Crippen molar-refractivity contribution < 1.29 is 4.79 Å². The van der Waals surface area contributed by atoms with Crippen LogP contribution in [0.3, 0.4) is 0 Å². The van der Waals surface area contributed by atoms with E-state index in [-0.39, 0.29) is 5.91 Å². The minimum Gasteiger partial charge on any atom is -0.375 e. The lowest BCUT2D eigenvalue weighted by molar-refractivity contribution is 0.102. The number of fused-ring (bicyclic) bond motifs is 1. The quantitative estimate of drug-likeness (QED) is 0.746. The van der Waals surface area contributed by atoms with Crippen LogP contribution in [0.1, 0.15) is 10.4 Å². The van der Waals surface area contributed by atoms with E-state index in [4.69, 9.17) is 5.73 Å². The van der Waals surface area contributed by atoms with Crippen molar-refractivity contribution in [2.75, 3.05) is 11.1 Å². The third kappa shape index (κ3) is 2.27. The van der Waals surface area contributed by atoms with Crippen molar-refractivity contribution in [2.24, 2.45) is 7.05 Å². The number of carbonyl (C=O) groups is 1. The highest BCUT2D eigenvalue weighted by atomic mass is 32.1. The molecule has 0 saturated heterocycles. The van der Waals surface area contributed by atoms with Gasteiger partial charge >= 0.3 is 0 Å². The molecule has 0 aliphatic heterocycles. The first-order valence-electron chi connectivity index (χ1n) is 5.59. The topological polar surface area (TPSA) is 85.8 Å². The SMILES string of the molecule is Cn1ccc(NC(=O)c2ccc3nc(N)sc3c2)n1. The zero-order chi connectivity index (χ0) is 13.4. The smallest absolute Gasteiger partial charge is 0.256 e. The van der Waals surface area contributed by atoms with Crippen LogP contribution in [0.4, 0.5) is 10.9 Å². The predicted octanol–water partition coefficient (Wildman–Crippen LogP) is 1.86. The summed E-state index contributed by atoms with van der Waals surface area (Å²) in [7, 11) is 1.79. The molecule has 3 N–H and O–H groups in total. The number of benzene rings is 1. The van der Waals surface area contributed by atoms with Crippen LogP contribution in [-0.4, -0.2) is 20.7 Å². The average Bonchev–Trinajstić information content (AvgIpc) is 2.93. The molecule has 0 spiro atoms. The van der Waals surface area contributed by atoms with E-state index in [1.54, 1.807) is 42.2 Å². The molecule has 0 fully saturated rings. The van der Waals surface area contributed by atoms with Crippen molar-refractivity contribution in [3.8, 4) is 0 Å². The fraction of sp³-hybridized carbons (Fsp3) is 0.0833.